The van der Waals surface area contributed by atoms with Crippen LogP contribution in [-0.4, -0.2) is 41.9 Å². The van der Waals surface area contributed by atoms with Gasteiger partial charge in [-0.25, -0.2) is 0 Å². The van der Waals surface area contributed by atoms with Crippen LogP contribution in [0.2, 0.25) is 0 Å². The Morgan fingerprint density at radius 1 is 1.62 bits per heavy atom. The standard InChI is InChI=1S/C9H18N2OS/c1-7-5-12-9(2,3)6-11(7)8(13)10-4/h7H,5-6H2,1-4H3,(H,10,13)/t7-/m0/s1. The van der Waals surface area contributed by atoms with Crippen LogP contribution in [0.1, 0.15) is 20.8 Å². The minimum Gasteiger partial charge on any atom is -0.372 e. The van der Waals surface area contributed by atoms with Crippen LogP contribution < -0.4 is 5.32 Å². The maximum atomic E-state index is 5.67. The van der Waals surface area contributed by atoms with Gasteiger partial charge in [0.15, 0.2) is 5.11 Å². The van der Waals surface area contributed by atoms with Crippen LogP contribution in [0.3, 0.4) is 0 Å². The SMILES string of the molecule is CNC(=S)N1CC(C)(C)OC[C@@H]1C. The molecule has 13 heavy (non-hydrogen) atoms. The van der Waals surface area contributed by atoms with Gasteiger partial charge >= 0.3 is 0 Å². The quantitative estimate of drug-likeness (QED) is 0.592. The van der Waals surface area contributed by atoms with Gasteiger partial charge in [-0.15, -0.1) is 0 Å². The molecule has 4 heteroatoms. The van der Waals surface area contributed by atoms with E-state index in [0.717, 1.165) is 18.3 Å². The molecule has 1 fully saturated rings. The lowest BCUT2D eigenvalue weighted by atomic mass is 10.1. The number of morpholine rings is 1. The van der Waals surface area contributed by atoms with Crippen molar-refractivity contribution in [1.29, 1.82) is 0 Å². The summed E-state index contributed by atoms with van der Waals surface area (Å²) in [6.45, 7) is 7.90. The number of hydrogen-bond acceptors (Lipinski definition) is 2. The van der Waals surface area contributed by atoms with Crippen molar-refractivity contribution < 1.29 is 4.74 Å². The van der Waals surface area contributed by atoms with Crippen molar-refractivity contribution >= 4 is 17.3 Å². The molecule has 0 spiro atoms. The lowest BCUT2D eigenvalue weighted by Gasteiger charge is -2.43. The summed E-state index contributed by atoms with van der Waals surface area (Å²) in [6, 6.07) is 0.368. The molecular formula is C9H18N2OS. The van der Waals surface area contributed by atoms with Crippen LogP contribution in [0.4, 0.5) is 0 Å². The molecule has 76 valence electrons. The molecule has 1 saturated heterocycles. The Morgan fingerprint density at radius 2 is 2.23 bits per heavy atom. The Balaban J connectivity index is 2.65. The highest BCUT2D eigenvalue weighted by Crippen LogP contribution is 2.20. The third kappa shape index (κ3) is 2.54. The van der Waals surface area contributed by atoms with E-state index in [1.165, 1.54) is 0 Å². The zero-order chi connectivity index (χ0) is 10.1. The third-order valence-corrected chi connectivity index (χ3v) is 2.71. The largest absolute Gasteiger partial charge is 0.372 e. The second kappa shape index (κ2) is 3.80. The average Bonchev–Trinajstić information content (AvgIpc) is 2.08. The van der Waals surface area contributed by atoms with E-state index in [4.69, 9.17) is 17.0 Å². The first kappa shape index (κ1) is 10.7. The molecule has 0 unspecified atom stereocenters. The Morgan fingerprint density at radius 3 is 2.77 bits per heavy atom. The van der Waals surface area contributed by atoms with E-state index in [2.05, 4.69) is 31.0 Å². The van der Waals surface area contributed by atoms with Crippen LogP contribution in [0.5, 0.6) is 0 Å². The van der Waals surface area contributed by atoms with Crippen molar-refractivity contribution in [1.82, 2.24) is 10.2 Å². The van der Waals surface area contributed by atoms with Gasteiger partial charge in [0.2, 0.25) is 0 Å². The minimum atomic E-state index is -0.0899. The van der Waals surface area contributed by atoms with Crippen molar-refractivity contribution in [3.05, 3.63) is 0 Å². The molecular weight excluding hydrogens is 184 g/mol. The van der Waals surface area contributed by atoms with E-state index in [9.17, 15) is 0 Å². The van der Waals surface area contributed by atoms with Crippen LogP contribution in [0, 0.1) is 0 Å². The normalized spacial score (nSPS) is 27.1. The van der Waals surface area contributed by atoms with E-state index in [1.54, 1.807) is 0 Å². The van der Waals surface area contributed by atoms with Crippen molar-refractivity contribution in [2.45, 2.75) is 32.4 Å². The summed E-state index contributed by atoms with van der Waals surface area (Å²) < 4.78 is 5.67. The first-order chi connectivity index (χ1) is 5.96. The van der Waals surface area contributed by atoms with Crippen LogP contribution in [0.15, 0.2) is 0 Å². The van der Waals surface area contributed by atoms with Gasteiger partial charge in [-0.2, -0.15) is 0 Å². The molecule has 1 heterocycles. The molecule has 0 aliphatic carbocycles. The fraction of sp³-hybridized carbons (Fsp3) is 0.889. The lowest BCUT2D eigenvalue weighted by molar-refractivity contribution is -0.0893. The predicted molar refractivity (Wildman–Crippen MR) is 57.9 cm³/mol. The number of ether oxygens (including phenoxy) is 1. The summed E-state index contributed by atoms with van der Waals surface area (Å²) in [5.41, 5.74) is -0.0899. The summed E-state index contributed by atoms with van der Waals surface area (Å²) in [5.74, 6) is 0. The smallest absolute Gasteiger partial charge is 0.169 e. The summed E-state index contributed by atoms with van der Waals surface area (Å²) in [6.07, 6.45) is 0. The summed E-state index contributed by atoms with van der Waals surface area (Å²) >= 11 is 5.21. The van der Waals surface area contributed by atoms with Crippen LogP contribution in [-0.2, 0) is 4.74 Å². The van der Waals surface area contributed by atoms with Gasteiger partial charge in [0.05, 0.1) is 18.2 Å². The molecule has 1 N–H and O–H groups in total. The van der Waals surface area contributed by atoms with E-state index in [0.29, 0.717) is 6.04 Å². The van der Waals surface area contributed by atoms with Gasteiger partial charge in [-0.1, -0.05) is 0 Å². The number of rotatable bonds is 0. The highest BCUT2D eigenvalue weighted by Gasteiger charge is 2.32. The topological polar surface area (TPSA) is 24.5 Å². The lowest BCUT2D eigenvalue weighted by Crippen LogP contribution is -2.57. The highest BCUT2D eigenvalue weighted by molar-refractivity contribution is 7.80. The molecule has 0 aromatic heterocycles. The molecule has 0 amide bonds. The van der Waals surface area contributed by atoms with Gasteiger partial charge in [-0.05, 0) is 33.0 Å². The number of hydrogen-bond donors (Lipinski definition) is 1. The monoisotopic (exact) mass is 202 g/mol. The van der Waals surface area contributed by atoms with Crippen LogP contribution >= 0.6 is 12.2 Å². The van der Waals surface area contributed by atoms with Gasteiger partial charge in [0.25, 0.3) is 0 Å². The first-order valence-corrected chi connectivity index (χ1v) is 4.99. The first-order valence-electron chi connectivity index (χ1n) is 4.58. The highest BCUT2D eigenvalue weighted by atomic mass is 32.1. The molecule has 3 nitrogen and oxygen atoms in total. The molecule has 0 aromatic carbocycles. The summed E-state index contributed by atoms with van der Waals surface area (Å²) in [7, 11) is 1.86. The Labute approximate surface area is 85.4 Å². The molecule has 1 rings (SSSR count). The van der Waals surface area contributed by atoms with Crippen molar-refractivity contribution in [2.75, 3.05) is 20.2 Å². The molecule has 0 radical (unpaired) electrons. The van der Waals surface area contributed by atoms with E-state index in [-0.39, 0.29) is 5.60 Å². The zero-order valence-corrected chi connectivity index (χ0v) is 9.57. The Bertz CT molecular complexity index is 206. The molecule has 0 aromatic rings. The molecule has 1 aliphatic heterocycles. The molecule has 0 saturated carbocycles. The third-order valence-electron chi connectivity index (χ3n) is 2.27. The Hall–Kier alpha value is -0.350. The zero-order valence-electron chi connectivity index (χ0n) is 8.76. The van der Waals surface area contributed by atoms with Gasteiger partial charge < -0.3 is 15.0 Å². The van der Waals surface area contributed by atoms with E-state index < -0.39 is 0 Å². The van der Waals surface area contributed by atoms with Crippen molar-refractivity contribution in [3.63, 3.8) is 0 Å². The van der Waals surface area contributed by atoms with Crippen molar-refractivity contribution in [3.8, 4) is 0 Å². The van der Waals surface area contributed by atoms with Gasteiger partial charge in [0, 0.05) is 13.6 Å². The maximum absolute atomic E-state index is 5.67. The molecule has 0 bridgehead atoms. The predicted octanol–water partition coefficient (Wildman–Crippen LogP) is 0.990. The maximum Gasteiger partial charge on any atom is 0.169 e. The van der Waals surface area contributed by atoms with Gasteiger partial charge in [-0.3, -0.25) is 0 Å². The molecule has 1 atom stereocenters. The number of nitrogens with one attached hydrogen (secondary N) is 1. The van der Waals surface area contributed by atoms with Gasteiger partial charge in [0.1, 0.15) is 0 Å². The van der Waals surface area contributed by atoms with E-state index in [1.807, 2.05) is 7.05 Å². The molecule has 1 aliphatic rings. The number of thiocarbonyl (C=S) groups is 1. The second-order valence-electron chi connectivity index (χ2n) is 4.10. The summed E-state index contributed by atoms with van der Waals surface area (Å²) in [5, 5.41) is 3.81. The van der Waals surface area contributed by atoms with E-state index >= 15 is 0 Å². The summed E-state index contributed by atoms with van der Waals surface area (Å²) in [4.78, 5) is 2.18. The fourth-order valence-corrected chi connectivity index (χ4v) is 1.71. The second-order valence-corrected chi connectivity index (χ2v) is 4.49. The fourth-order valence-electron chi connectivity index (χ4n) is 1.46. The Kier molecular flexibility index (Phi) is 3.14. The number of nitrogens with zero attached hydrogens (tertiary/aromatic N) is 1. The van der Waals surface area contributed by atoms with Crippen molar-refractivity contribution in [2.24, 2.45) is 0 Å². The average molecular weight is 202 g/mol. The minimum absolute atomic E-state index is 0.0899. The van der Waals surface area contributed by atoms with Crippen LogP contribution in [0.25, 0.3) is 0 Å².